The summed E-state index contributed by atoms with van der Waals surface area (Å²) in [4.78, 5) is 16.8. The number of carbonyl (C=O) groups is 1. The van der Waals surface area contributed by atoms with Crippen molar-refractivity contribution >= 4 is 18.3 Å². The summed E-state index contributed by atoms with van der Waals surface area (Å²) in [5.41, 5.74) is 3.47. The Bertz CT molecular complexity index is 949. The Labute approximate surface area is 175 Å². The molecule has 152 valence electrons. The molecule has 1 amide bonds. The standard InChI is InChI=1S/C22H22FN3O2.ClH/c1-16-2-6-18(7-3-16)21-14-20(24-28-21)22(27)26-12-10-25(11-13-26)15-17-4-8-19(23)9-5-17;/h2-9,14H,10-13,15H2,1H3;1H. The molecule has 1 fully saturated rings. The Kier molecular flexibility index (Phi) is 6.67. The van der Waals surface area contributed by atoms with E-state index in [9.17, 15) is 9.18 Å². The highest BCUT2D eigenvalue weighted by atomic mass is 35.5. The van der Waals surface area contributed by atoms with Gasteiger partial charge in [0.15, 0.2) is 11.5 Å². The molecule has 0 unspecified atom stereocenters. The van der Waals surface area contributed by atoms with E-state index in [1.165, 1.54) is 12.1 Å². The minimum absolute atomic E-state index is 0. The molecule has 0 atom stereocenters. The lowest BCUT2D eigenvalue weighted by Crippen LogP contribution is -2.48. The number of benzene rings is 2. The van der Waals surface area contributed by atoms with E-state index in [4.69, 9.17) is 4.52 Å². The number of piperazine rings is 1. The summed E-state index contributed by atoms with van der Waals surface area (Å²) in [6, 6.07) is 16.2. The van der Waals surface area contributed by atoms with Gasteiger partial charge in [0.2, 0.25) is 0 Å². The van der Waals surface area contributed by atoms with Crippen molar-refractivity contribution < 1.29 is 13.7 Å². The van der Waals surface area contributed by atoms with Crippen LogP contribution in [0, 0.1) is 12.7 Å². The molecule has 1 aromatic heterocycles. The SMILES string of the molecule is Cc1ccc(-c2cc(C(=O)N3CCN(Cc4ccc(F)cc4)CC3)no2)cc1.Cl. The number of hydrogen-bond donors (Lipinski definition) is 0. The highest BCUT2D eigenvalue weighted by Crippen LogP contribution is 2.22. The van der Waals surface area contributed by atoms with Gasteiger partial charge < -0.3 is 9.42 Å². The smallest absolute Gasteiger partial charge is 0.276 e. The summed E-state index contributed by atoms with van der Waals surface area (Å²) in [6.07, 6.45) is 0. The fourth-order valence-corrected chi connectivity index (χ4v) is 3.35. The lowest BCUT2D eigenvalue weighted by molar-refractivity contribution is 0.0618. The van der Waals surface area contributed by atoms with Gasteiger partial charge in [0, 0.05) is 44.4 Å². The first-order chi connectivity index (χ1) is 13.6. The third-order valence-corrected chi connectivity index (χ3v) is 5.04. The number of aromatic nitrogens is 1. The molecule has 5 nitrogen and oxygen atoms in total. The molecule has 2 aromatic carbocycles. The molecule has 3 aromatic rings. The Morgan fingerprint density at radius 1 is 1.03 bits per heavy atom. The molecule has 2 heterocycles. The topological polar surface area (TPSA) is 49.6 Å². The van der Waals surface area contributed by atoms with Crippen molar-refractivity contribution in [1.29, 1.82) is 0 Å². The Morgan fingerprint density at radius 2 is 1.69 bits per heavy atom. The van der Waals surface area contributed by atoms with Gasteiger partial charge in [-0.2, -0.15) is 0 Å². The number of hydrogen-bond acceptors (Lipinski definition) is 4. The van der Waals surface area contributed by atoms with Crippen molar-refractivity contribution in [1.82, 2.24) is 15.0 Å². The zero-order chi connectivity index (χ0) is 19.5. The van der Waals surface area contributed by atoms with Gasteiger partial charge in [-0.25, -0.2) is 4.39 Å². The van der Waals surface area contributed by atoms with Crippen molar-refractivity contribution in [3.63, 3.8) is 0 Å². The predicted octanol–water partition coefficient (Wildman–Crippen LogP) is 4.17. The number of amides is 1. The third-order valence-electron chi connectivity index (χ3n) is 5.04. The number of nitrogens with zero attached hydrogens (tertiary/aromatic N) is 3. The molecule has 0 bridgehead atoms. The molecule has 0 radical (unpaired) electrons. The van der Waals surface area contributed by atoms with E-state index in [1.54, 1.807) is 23.1 Å². The first-order valence-electron chi connectivity index (χ1n) is 9.38. The van der Waals surface area contributed by atoms with Crippen molar-refractivity contribution in [2.75, 3.05) is 26.2 Å². The summed E-state index contributed by atoms with van der Waals surface area (Å²) in [5.74, 6) is 0.263. The van der Waals surface area contributed by atoms with E-state index in [0.29, 0.717) is 24.5 Å². The van der Waals surface area contributed by atoms with Crippen LogP contribution in [-0.2, 0) is 6.54 Å². The predicted molar refractivity (Wildman–Crippen MR) is 112 cm³/mol. The van der Waals surface area contributed by atoms with Gasteiger partial charge in [-0.1, -0.05) is 47.1 Å². The maximum atomic E-state index is 13.0. The number of carbonyl (C=O) groups excluding carboxylic acids is 1. The molecule has 0 N–H and O–H groups in total. The Hall–Kier alpha value is -2.70. The molecule has 0 saturated carbocycles. The summed E-state index contributed by atoms with van der Waals surface area (Å²) in [6.45, 7) is 5.58. The van der Waals surface area contributed by atoms with Crippen LogP contribution in [0.3, 0.4) is 0 Å². The average Bonchev–Trinajstić information content (AvgIpc) is 3.20. The molecule has 1 aliphatic rings. The van der Waals surface area contributed by atoms with Gasteiger partial charge in [0.25, 0.3) is 5.91 Å². The molecular weight excluding hydrogens is 393 g/mol. The van der Waals surface area contributed by atoms with Crippen molar-refractivity contribution in [2.45, 2.75) is 13.5 Å². The zero-order valence-corrected chi connectivity index (χ0v) is 17.0. The van der Waals surface area contributed by atoms with E-state index in [0.717, 1.165) is 36.3 Å². The zero-order valence-electron chi connectivity index (χ0n) is 16.2. The average molecular weight is 416 g/mol. The molecule has 7 heteroatoms. The van der Waals surface area contributed by atoms with Gasteiger partial charge in [0.1, 0.15) is 5.82 Å². The van der Waals surface area contributed by atoms with Crippen molar-refractivity contribution in [3.05, 3.63) is 77.2 Å². The molecule has 0 spiro atoms. The summed E-state index contributed by atoms with van der Waals surface area (Å²) < 4.78 is 18.4. The highest BCUT2D eigenvalue weighted by Gasteiger charge is 2.24. The largest absolute Gasteiger partial charge is 0.355 e. The van der Waals surface area contributed by atoms with Crippen LogP contribution in [0.15, 0.2) is 59.1 Å². The van der Waals surface area contributed by atoms with Crippen LogP contribution in [0.25, 0.3) is 11.3 Å². The van der Waals surface area contributed by atoms with Gasteiger partial charge in [-0.05, 0) is 24.6 Å². The number of halogens is 2. The van der Waals surface area contributed by atoms with E-state index < -0.39 is 0 Å². The summed E-state index contributed by atoms with van der Waals surface area (Å²) in [5, 5.41) is 3.97. The van der Waals surface area contributed by atoms with Gasteiger partial charge in [0.05, 0.1) is 0 Å². The number of aryl methyl sites for hydroxylation is 1. The van der Waals surface area contributed by atoms with Gasteiger partial charge in [-0.15, -0.1) is 12.4 Å². The molecule has 4 rings (SSSR count). The van der Waals surface area contributed by atoms with Gasteiger partial charge in [-0.3, -0.25) is 9.69 Å². The molecule has 1 saturated heterocycles. The maximum absolute atomic E-state index is 13.0. The van der Waals surface area contributed by atoms with Crippen LogP contribution >= 0.6 is 12.4 Å². The minimum Gasteiger partial charge on any atom is -0.355 e. The van der Waals surface area contributed by atoms with Gasteiger partial charge >= 0.3 is 0 Å². The summed E-state index contributed by atoms with van der Waals surface area (Å²) in [7, 11) is 0. The second-order valence-electron chi connectivity index (χ2n) is 7.14. The monoisotopic (exact) mass is 415 g/mol. The quantitative estimate of drug-likeness (QED) is 0.641. The number of rotatable bonds is 4. The fourth-order valence-electron chi connectivity index (χ4n) is 3.35. The van der Waals surface area contributed by atoms with Crippen LogP contribution < -0.4 is 0 Å². The Morgan fingerprint density at radius 3 is 2.34 bits per heavy atom. The van der Waals surface area contributed by atoms with E-state index >= 15 is 0 Å². The van der Waals surface area contributed by atoms with E-state index in [1.807, 2.05) is 31.2 Å². The lowest BCUT2D eigenvalue weighted by Gasteiger charge is -2.34. The minimum atomic E-state index is -0.225. The van der Waals surface area contributed by atoms with Crippen molar-refractivity contribution in [3.8, 4) is 11.3 Å². The van der Waals surface area contributed by atoms with Crippen LogP contribution in [0.4, 0.5) is 4.39 Å². The normalized spacial score (nSPS) is 14.5. The van der Waals surface area contributed by atoms with Crippen molar-refractivity contribution in [2.24, 2.45) is 0 Å². The van der Waals surface area contributed by atoms with Crippen LogP contribution in [0.2, 0.25) is 0 Å². The molecular formula is C22H23ClFN3O2. The second kappa shape index (κ2) is 9.20. The van der Waals surface area contributed by atoms with Crippen LogP contribution in [0.1, 0.15) is 21.6 Å². The first-order valence-corrected chi connectivity index (χ1v) is 9.38. The first kappa shape index (κ1) is 21.0. The Balaban J connectivity index is 0.00000240. The van der Waals surface area contributed by atoms with E-state index in [2.05, 4.69) is 10.1 Å². The molecule has 1 aliphatic heterocycles. The summed E-state index contributed by atoms with van der Waals surface area (Å²) >= 11 is 0. The lowest BCUT2D eigenvalue weighted by atomic mass is 10.1. The fraction of sp³-hybridized carbons (Fsp3) is 0.273. The molecule has 29 heavy (non-hydrogen) atoms. The van der Waals surface area contributed by atoms with Crippen LogP contribution in [-0.4, -0.2) is 47.0 Å². The van der Waals surface area contributed by atoms with E-state index in [-0.39, 0.29) is 24.1 Å². The van der Waals surface area contributed by atoms with Crippen LogP contribution in [0.5, 0.6) is 0 Å². The highest BCUT2D eigenvalue weighted by molar-refractivity contribution is 5.93. The molecule has 0 aliphatic carbocycles. The third kappa shape index (κ3) is 5.02. The maximum Gasteiger partial charge on any atom is 0.276 e. The second-order valence-corrected chi connectivity index (χ2v) is 7.14.